The zero-order chi connectivity index (χ0) is 13.9. The highest BCUT2D eigenvalue weighted by Gasteiger charge is 2.17. The van der Waals surface area contributed by atoms with E-state index >= 15 is 0 Å². The quantitative estimate of drug-likeness (QED) is 0.908. The number of aliphatic hydroxyl groups is 1. The minimum atomic E-state index is -0.233. The Kier molecular flexibility index (Phi) is 3.67. The zero-order valence-corrected chi connectivity index (χ0v) is 11.4. The van der Waals surface area contributed by atoms with Gasteiger partial charge in [0.2, 0.25) is 6.79 Å². The fourth-order valence-corrected chi connectivity index (χ4v) is 2.33. The van der Waals surface area contributed by atoms with Gasteiger partial charge in [0.25, 0.3) is 0 Å². The number of aliphatic hydroxyl groups excluding tert-OH is 1. The Morgan fingerprint density at radius 3 is 2.80 bits per heavy atom. The van der Waals surface area contributed by atoms with Gasteiger partial charge < -0.3 is 19.9 Å². The number of ether oxygens (including phenoxy) is 2. The Morgan fingerprint density at radius 2 is 2.00 bits per heavy atom. The fraction of sp³-hybridized carbons (Fsp3) is 0.200. The molecule has 0 spiro atoms. The molecule has 2 aromatic carbocycles. The van der Waals surface area contributed by atoms with E-state index in [1.54, 1.807) is 6.07 Å². The molecule has 0 bridgehead atoms. The smallest absolute Gasteiger partial charge is 0.231 e. The van der Waals surface area contributed by atoms with Crippen LogP contribution in [0.1, 0.15) is 11.6 Å². The van der Waals surface area contributed by atoms with Crippen molar-refractivity contribution < 1.29 is 14.6 Å². The van der Waals surface area contributed by atoms with Gasteiger partial charge in [-0.1, -0.05) is 23.7 Å². The third-order valence-corrected chi connectivity index (χ3v) is 3.38. The molecule has 3 rings (SSSR count). The first-order valence-corrected chi connectivity index (χ1v) is 6.66. The third-order valence-electron chi connectivity index (χ3n) is 3.15. The van der Waals surface area contributed by atoms with Crippen molar-refractivity contribution in [1.82, 2.24) is 0 Å². The molecule has 1 atom stereocenters. The summed E-state index contributed by atoms with van der Waals surface area (Å²) in [5.74, 6) is 1.43. The molecule has 20 heavy (non-hydrogen) atoms. The lowest BCUT2D eigenvalue weighted by molar-refractivity contribution is 0.174. The van der Waals surface area contributed by atoms with Crippen molar-refractivity contribution in [3.8, 4) is 11.5 Å². The molecule has 0 fully saturated rings. The predicted molar refractivity (Wildman–Crippen MR) is 77.5 cm³/mol. The van der Waals surface area contributed by atoms with Gasteiger partial charge in [0.15, 0.2) is 11.5 Å². The first-order valence-electron chi connectivity index (χ1n) is 6.29. The van der Waals surface area contributed by atoms with Crippen molar-refractivity contribution in [3.63, 3.8) is 0 Å². The molecular formula is C15H14ClNO3. The number of anilines is 1. The Labute approximate surface area is 121 Å². The van der Waals surface area contributed by atoms with Crippen LogP contribution in [-0.2, 0) is 0 Å². The van der Waals surface area contributed by atoms with E-state index in [-0.39, 0.29) is 19.4 Å². The maximum atomic E-state index is 9.59. The first-order chi connectivity index (χ1) is 9.76. The molecule has 1 unspecified atom stereocenters. The second-order valence-corrected chi connectivity index (χ2v) is 4.94. The molecule has 0 amide bonds. The van der Waals surface area contributed by atoms with Crippen LogP contribution in [0.25, 0.3) is 0 Å². The maximum absolute atomic E-state index is 9.59. The number of rotatable bonds is 4. The van der Waals surface area contributed by atoms with Crippen LogP contribution in [-0.4, -0.2) is 18.5 Å². The number of halogens is 1. The molecule has 1 heterocycles. The average molecular weight is 292 g/mol. The Hall–Kier alpha value is -1.91. The second kappa shape index (κ2) is 5.61. The van der Waals surface area contributed by atoms with Crippen LogP contribution in [0.3, 0.4) is 0 Å². The first kappa shape index (κ1) is 13.1. The summed E-state index contributed by atoms with van der Waals surface area (Å²) in [6.45, 7) is 0.205. The molecule has 1 aliphatic heterocycles. The second-order valence-electron chi connectivity index (χ2n) is 4.50. The van der Waals surface area contributed by atoms with Gasteiger partial charge >= 0.3 is 0 Å². The predicted octanol–water partition coefficient (Wildman–Crippen LogP) is 3.21. The Balaban J connectivity index is 1.83. The van der Waals surface area contributed by atoms with Crippen molar-refractivity contribution in [2.75, 3.05) is 18.7 Å². The molecular weight excluding hydrogens is 278 g/mol. The van der Waals surface area contributed by atoms with Crippen LogP contribution in [0.5, 0.6) is 11.5 Å². The highest BCUT2D eigenvalue weighted by atomic mass is 35.5. The monoisotopic (exact) mass is 291 g/mol. The van der Waals surface area contributed by atoms with Crippen LogP contribution in [0.15, 0.2) is 42.5 Å². The Bertz CT molecular complexity index is 618. The minimum absolute atomic E-state index is 0.0356. The molecule has 0 aliphatic carbocycles. The largest absolute Gasteiger partial charge is 0.454 e. The normalized spacial score (nSPS) is 14.1. The van der Waals surface area contributed by atoms with E-state index in [1.807, 2.05) is 36.4 Å². The number of hydrogen-bond donors (Lipinski definition) is 2. The summed E-state index contributed by atoms with van der Waals surface area (Å²) in [7, 11) is 0. The number of fused-ring (bicyclic) bond motifs is 1. The Morgan fingerprint density at radius 1 is 1.15 bits per heavy atom. The van der Waals surface area contributed by atoms with E-state index in [0.29, 0.717) is 10.8 Å². The summed E-state index contributed by atoms with van der Waals surface area (Å²) in [5.41, 5.74) is 1.78. The summed E-state index contributed by atoms with van der Waals surface area (Å²) in [6, 6.07) is 12.8. The molecule has 4 nitrogen and oxygen atoms in total. The molecule has 1 aliphatic rings. The van der Waals surface area contributed by atoms with Crippen molar-refractivity contribution >= 4 is 17.3 Å². The van der Waals surface area contributed by atoms with Gasteiger partial charge in [0.1, 0.15) is 0 Å². The van der Waals surface area contributed by atoms with Crippen molar-refractivity contribution in [1.29, 1.82) is 0 Å². The van der Waals surface area contributed by atoms with Gasteiger partial charge in [-0.15, -0.1) is 0 Å². The lowest BCUT2D eigenvalue weighted by atomic mass is 10.1. The van der Waals surface area contributed by atoms with Crippen LogP contribution in [0.2, 0.25) is 5.02 Å². The van der Waals surface area contributed by atoms with Gasteiger partial charge in [-0.05, 0) is 35.9 Å². The summed E-state index contributed by atoms with van der Waals surface area (Å²) in [5, 5.41) is 13.5. The van der Waals surface area contributed by atoms with E-state index < -0.39 is 0 Å². The topological polar surface area (TPSA) is 50.7 Å². The highest BCUT2D eigenvalue weighted by Crippen LogP contribution is 2.34. The molecule has 0 aromatic heterocycles. The van der Waals surface area contributed by atoms with Gasteiger partial charge in [-0.3, -0.25) is 0 Å². The molecule has 0 saturated heterocycles. The van der Waals surface area contributed by atoms with E-state index in [9.17, 15) is 5.11 Å². The van der Waals surface area contributed by atoms with Crippen LogP contribution >= 0.6 is 11.6 Å². The lowest BCUT2D eigenvalue weighted by Gasteiger charge is -2.18. The van der Waals surface area contributed by atoms with Crippen LogP contribution in [0, 0.1) is 0 Å². The third kappa shape index (κ3) is 2.66. The van der Waals surface area contributed by atoms with Crippen molar-refractivity contribution in [3.05, 3.63) is 53.1 Å². The van der Waals surface area contributed by atoms with Crippen molar-refractivity contribution in [2.24, 2.45) is 0 Å². The van der Waals surface area contributed by atoms with E-state index in [4.69, 9.17) is 21.1 Å². The minimum Gasteiger partial charge on any atom is -0.454 e. The van der Waals surface area contributed by atoms with Crippen LogP contribution in [0.4, 0.5) is 5.69 Å². The molecule has 104 valence electrons. The summed E-state index contributed by atoms with van der Waals surface area (Å²) in [4.78, 5) is 0. The molecule has 2 N–H and O–H groups in total. The van der Waals surface area contributed by atoms with E-state index in [0.717, 1.165) is 17.0 Å². The fourth-order valence-electron chi connectivity index (χ4n) is 2.14. The number of nitrogens with one attached hydrogen (secondary N) is 1. The molecule has 0 saturated carbocycles. The summed E-state index contributed by atoms with van der Waals surface area (Å²) in [6.07, 6.45) is 0. The van der Waals surface area contributed by atoms with Gasteiger partial charge in [0, 0.05) is 10.7 Å². The zero-order valence-electron chi connectivity index (χ0n) is 10.7. The molecule has 0 radical (unpaired) electrons. The maximum Gasteiger partial charge on any atom is 0.231 e. The van der Waals surface area contributed by atoms with Crippen LogP contribution < -0.4 is 14.8 Å². The standard InChI is InChI=1S/C15H14ClNO3/c16-11-2-1-3-12(7-11)17-13(8-18)10-4-5-14-15(6-10)20-9-19-14/h1-7,13,17-18H,8-9H2. The van der Waals surface area contributed by atoms with Gasteiger partial charge in [0.05, 0.1) is 12.6 Å². The van der Waals surface area contributed by atoms with E-state index in [1.165, 1.54) is 0 Å². The lowest BCUT2D eigenvalue weighted by Crippen LogP contribution is -2.14. The van der Waals surface area contributed by atoms with Gasteiger partial charge in [-0.2, -0.15) is 0 Å². The molecule has 5 heteroatoms. The van der Waals surface area contributed by atoms with Gasteiger partial charge in [-0.25, -0.2) is 0 Å². The van der Waals surface area contributed by atoms with E-state index in [2.05, 4.69) is 5.32 Å². The average Bonchev–Trinajstić information content (AvgIpc) is 2.92. The SMILES string of the molecule is OCC(Nc1cccc(Cl)c1)c1ccc2c(c1)OCO2. The molecule has 2 aromatic rings. The summed E-state index contributed by atoms with van der Waals surface area (Å²) < 4.78 is 10.6. The summed E-state index contributed by atoms with van der Waals surface area (Å²) >= 11 is 5.96. The van der Waals surface area contributed by atoms with Crippen molar-refractivity contribution in [2.45, 2.75) is 6.04 Å². The number of benzene rings is 2. The highest BCUT2D eigenvalue weighted by molar-refractivity contribution is 6.30. The number of hydrogen-bond acceptors (Lipinski definition) is 4.